The molecule has 1 fully saturated rings. The van der Waals surface area contributed by atoms with E-state index in [1.807, 2.05) is 12.1 Å². The van der Waals surface area contributed by atoms with Crippen molar-refractivity contribution in [3.05, 3.63) is 52.7 Å². The van der Waals surface area contributed by atoms with E-state index >= 15 is 0 Å². The van der Waals surface area contributed by atoms with Gasteiger partial charge in [-0.25, -0.2) is 4.98 Å². The summed E-state index contributed by atoms with van der Waals surface area (Å²) >= 11 is 5.96. The van der Waals surface area contributed by atoms with E-state index in [-0.39, 0.29) is 24.5 Å². The highest BCUT2D eigenvalue weighted by atomic mass is 35.5. The van der Waals surface area contributed by atoms with Crippen LogP contribution in [-0.2, 0) is 16.1 Å². The molecule has 1 saturated heterocycles. The number of benzene rings is 1. The molecule has 2 aromatic rings. The number of fused-ring (bicyclic) bond motifs is 1. The van der Waals surface area contributed by atoms with E-state index in [0.29, 0.717) is 35.2 Å². The van der Waals surface area contributed by atoms with Crippen LogP contribution in [0.15, 0.2) is 36.5 Å². The van der Waals surface area contributed by atoms with E-state index in [0.717, 1.165) is 31.4 Å². The minimum Gasteiger partial charge on any atom is -0.378 e. The number of nitrogens with zero attached hydrogens (tertiary/aromatic N) is 2. The number of anilines is 2. The summed E-state index contributed by atoms with van der Waals surface area (Å²) in [6.45, 7) is 1.90. The van der Waals surface area contributed by atoms with Crippen molar-refractivity contribution in [3.63, 3.8) is 0 Å². The van der Waals surface area contributed by atoms with Crippen LogP contribution in [0.25, 0.3) is 0 Å². The van der Waals surface area contributed by atoms with E-state index in [9.17, 15) is 9.59 Å². The number of nitrogens with one attached hydrogen (secondary N) is 2. The predicted molar refractivity (Wildman–Crippen MR) is 116 cm³/mol. The largest absolute Gasteiger partial charge is 0.378 e. The second-order valence-electron chi connectivity index (χ2n) is 7.58. The molecule has 0 aliphatic carbocycles. The fourth-order valence-electron chi connectivity index (χ4n) is 3.74. The summed E-state index contributed by atoms with van der Waals surface area (Å²) in [6, 6.07) is 9.07. The first kappa shape index (κ1) is 20.6. The molecule has 8 heteroatoms. The number of ether oxygens (including phenoxy) is 1. The Morgan fingerprint density at radius 1 is 1.30 bits per heavy atom. The molecule has 0 spiro atoms. The summed E-state index contributed by atoms with van der Waals surface area (Å²) in [5.41, 5.74) is 1.98. The Morgan fingerprint density at radius 3 is 2.90 bits per heavy atom. The minimum atomic E-state index is -0.203. The number of amides is 2. The zero-order valence-electron chi connectivity index (χ0n) is 16.7. The molecule has 2 aliphatic heterocycles. The molecule has 2 N–H and O–H groups in total. The van der Waals surface area contributed by atoms with E-state index in [2.05, 4.69) is 15.6 Å². The van der Waals surface area contributed by atoms with Crippen LogP contribution in [0.5, 0.6) is 0 Å². The van der Waals surface area contributed by atoms with Gasteiger partial charge in [-0.05, 0) is 49.4 Å². The first-order valence-corrected chi connectivity index (χ1v) is 10.7. The highest BCUT2D eigenvalue weighted by Gasteiger charge is 2.26. The number of hydrogen-bond donors (Lipinski definition) is 2. The SMILES string of the molecule is O=C(NCCC1CCCCO1)c1cnc2c(c1)N(Cc1ccc(Cl)cc1)C(=O)CN2. The van der Waals surface area contributed by atoms with Crippen molar-refractivity contribution in [2.24, 2.45) is 0 Å². The van der Waals surface area contributed by atoms with Crippen LogP contribution in [0.3, 0.4) is 0 Å². The van der Waals surface area contributed by atoms with Gasteiger partial charge in [0.2, 0.25) is 5.91 Å². The van der Waals surface area contributed by atoms with Crippen molar-refractivity contribution in [1.82, 2.24) is 10.3 Å². The first-order chi connectivity index (χ1) is 14.6. The Bertz CT molecular complexity index is 913. The topological polar surface area (TPSA) is 83.6 Å². The van der Waals surface area contributed by atoms with Gasteiger partial charge in [-0.15, -0.1) is 0 Å². The molecule has 30 heavy (non-hydrogen) atoms. The average Bonchev–Trinajstić information content (AvgIpc) is 2.77. The van der Waals surface area contributed by atoms with Gasteiger partial charge in [0.25, 0.3) is 5.91 Å². The molecule has 1 atom stereocenters. The third-order valence-electron chi connectivity index (χ3n) is 5.41. The first-order valence-electron chi connectivity index (χ1n) is 10.3. The smallest absolute Gasteiger partial charge is 0.252 e. The highest BCUT2D eigenvalue weighted by molar-refractivity contribution is 6.30. The minimum absolute atomic E-state index is 0.0775. The molecule has 4 rings (SSSR count). The van der Waals surface area contributed by atoms with Crippen LogP contribution in [0.4, 0.5) is 11.5 Å². The Hall–Kier alpha value is -2.64. The molecule has 3 heterocycles. The van der Waals surface area contributed by atoms with Crippen LogP contribution < -0.4 is 15.5 Å². The highest BCUT2D eigenvalue weighted by Crippen LogP contribution is 2.30. The van der Waals surface area contributed by atoms with Gasteiger partial charge in [0.05, 0.1) is 30.4 Å². The zero-order chi connectivity index (χ0) is 20.9. The fraction of sp³-hybridized carbons (Fsp3) is 0.409. The average molecular weight is 429 g/mol. The molecule has 1 aromatic carbocycles. The molecule has 1 aromatic heterocycles. The van der Waals surface area contributed by atoms with Gasteiger partial charge in [0.1, 0.15) is 0 Å². The molecule has 2 aliphatic rings. The Kier molecular flexibility index (Phi) is 6.50. The lowest BCUT2D eigenvalue weighted by Gasteiger charge is -2.30. The van der Waals surface area contributed by atoms with E-state index < -0.39 is 0 Å². The number of aromatic nitrogens is 1. The van der Waals surface area contributed by atoms with Gasteiger partial charge in [0.15, 0.2) is 5.82 Å². The second kappa shape index (κ2) is 9.45. The summed E-state index contributed by atoms with van der Waals surface area (Å²) in [7, 11) is 0. The van der Waals surface area contributed by atoms with Gasteiger partial charge in [0, 0.05) is 24.4 Å². The maximum Gasteiger partial charge on any atom is 0.252 e. The monoisotopic (exact) mass is 428 g/mol. The van der Waals surface area contributed by atoms with Gasteiger partial charge >= 0.3 is 0 Å². The van der Waals surface area contributed by atoms with Crippen LogP contribution in [0.2, 0.25) is 5.02 Å². The van der Waals surface area contributed by atoms with Crippen molar-refractivity contribution in [2.45, 2.75) is 38.3 Å². The van der Waals surface area contributed by atoms with Gasteiger partial charge in [-0.1, -0.05) is 23.7 Å². The van der Waals surface area contributed by atoms with Crippen LogP contribution in [0.1, 0.15) is 41.6 Å². The Morgan fingerprint density at radius 2 is 2.13 bits per heavy atom. The summed E-state index contributed by atoms with van der Waals surface area (Å²) < 4.78 is 5.71. The van der Waals surface area contributed by atoms with E-state index in [1.54, 1.807) is 23.1 Å². The lowest BCUT2D eigenvalue weighted by atomic mass is 10.1. The maximum absolute atomic E-state index is 12.6. The van der Waals surface area contributed by atoms with Crippen molar-refractivity contribution >= 4 is 34.9 Å². The van der Waals surface area contributed by atoms with Crippen molar-refractivity contribution < 1.29 is 14.3 Å². The van der Waals surface area contributed by atoms with Crippen LogP contribution >= 0.6 is 11.6 Å². The Balaban J connectivity index is 1.44. The lowest BCUT2D eigenvalue weighted by molar-refractivity contribution is -0.117. The number of rotatable bonds is 6. The molecular weight excluding hydrogens is 404 g/mol. The number of halogens is 1. The molecule has 7 nitrogen and oxygen atoms in total. The predicted octanol–water partition coefficient (Wildman–Crippen LogP) is 3.38. The Labute approximate surface area is 180 Å². The van der Waals surface area contributed by atoms with E-state index in [1.165, 1.54) is 12.6 Å². The summed E-state index contributed by atoms with van der Waals surface area (Å²) in [5.74, 6) is 0.313. The third kappa shape index (κ3) is 4.91. The molecule has 2 amide bonds. The van der Waals surface area contributed by atoms with Gasteiger partial charge in [-0.2, -0.15) is 0 Å². The van der Waals surface area contributed by atoms with Gasteiger partial charge in [-0.3, -0.25) is 9.59 Å². The second-order valence-corrected chi connectivity index (χ2v) is 8.02. The molecular formula is C22H25ClN4O3. The quantitative estimate of drug-likeness (QED) is 0.736. The molecule has 0 bridgehead atoms. The standard InChI is InChI=1S/C22H25ClN4O3/c23-17-6-4-15(5-7-17)14-27-19-11-16(12-25-21(19)26-13-20(27)28)22(29)24-9-8-18-3-1-2-10-30-18/h4-7,11-12,18H,1-3,8-10,13-14H2,(H,24,29)(H,25,26). The molecule has 158 valence electrons. The molecule has 1 unspecified atom stereocenters. The number of pyridine rings is 1. The van der Waals surface area contributed by atoms with Crippen molar-refractivity contribution in [1.29, 1.82) is 0 Å². The van der Waals surface area contributed by atoms with Crippen LogP contribution in [-0.4, -0.2) is 42.6 Å². The lowest BCUT2D eigenvalue weighted by Crippen LogP contribution is -2.40. The molecule has 0 radical (unpaired) electrons. The maximum atomic E-state index is 12.6. The molecule has 0 saturated carbocycles. The zero-order valence-corrected chi connectivity index (χ0v) is 17.5. The number of hydrogen-bond acceptors (Lipinski definition) is 5. The summed E-state index contributed by atoms with van der Waals surface area (Å²) in [4.78, 5) is 31.2. The summed E-state index contributed by atoms with van der Waals surface area (Å²) in [5, 5.41) is 6.60. The van der Waals surface area contributed by atoms with Crippen LogP contribution in [0, 0.1) is 0 Å². The van der Waals surface area contributed by atoms with Crippen molar-refractivity contribution in [2.75, 3.05) is 29.9 Å². The third-order valence-corrected chi connectivity index (χ3v) is 5.66. The number of carbonyl (C=O) groups excluding carboxylic acids is 2. The van der Waals surface area contributed by atoms with E-state index in [4.69, 9.17) is 16.3 Å². The normalized spacial score (nSPS) is 18.5. The number of carbonyl (C=O) groups is 2. The summed E-state index contributed by atoms with van der Waals surface area (Å²) in [6.07, 6.45) is 5.89. The van der Waals surface area contributed by atoms with Crippen molar-refractivity contribution in [3.8, 4) is 0 Å². The van der Waals surface area contributed by atoms with Gasteiger partial charge < -0.3 is 20.3 Å². The fourth-order valence-corrected chi connectivity index (χ4v) is 3.86.